The monoisotopic (exact) mass is 237 g/mol. The van der Waals surface area contributed by atoms with E-state index in [2.05, 4.69) is 0 Å². The molecule has 84 valence electrons. The Kier molecular flexibility index (Phi) is 2.27. The highest BCUT2D eigenvalue weighted by Gasteiger charge is 2.15. The smallest absolute Gasteiger partial charge is 0.176 e. The molecule has 5 heteroatoms. The predicted octanol–water partition coefficient (Wildman–Crippen LogP) is 1.53. The highest BCUT2D eigenvalue weighted by atomic mass is 32.2. The number of nitrogens with two attached hydrogens (primary N) is 1. The summed E-state index contributed by atoms with van der Waals surface area (Å²) in [5.74, 6) is -0.108. The van der Waals surface area contributed by atoms with Crippen molar-refractivity contribution < 1.29 is 13.5 Å². The van der Waals surface area contributed by atoms with Gasteiger partial charge in [0.05, 0.1) is 10.6 Å². The SMILES string of the molecule is CS(=O)(=O)c1cccc2ccc(O)c(N)c12. The molecule has 0 aliphatic rings. The lowest BCUT2D eigenvalue weighted by Gasteiger charge is -2.08. The summed E-state index contributed by atoms with van der Waals surface area (Å²) in [6, 6.07) is 7.96. The number of hydrogen-bond acceptors (Lipinski definition) is 4. The van der Waals surface area contributed by atoms with E-state index in [1.807, 2.05) is 0 Å². The number of benzene rings is 2. The van der Waals surface area contributed by atoms with Gasteiger partial charge < -0.3 is 10.8 Å². The summed E-state index contributed by atoms with van der Waals surface area (Å²) in [5, 5.41) is 10.6. The fourth-order valence-corrected chi connectivity index (χ4v) is 2.60. The van der Waals surface area contributed by atoms with Crippen LogP contribution in [0.5, 0.6) is 5.75 Å². The summed E-state index contributed by atoms with van der Waals surface area (Å²) in [7, 11) is -3.36. The van der Waals surface area contributed by atoms with E-state index < -0.39 is 9.84 Å². The summed E-state index contributed by atoms with van der Waals surface area (Å²) in [4.78, 5) is 0.137. The molecule has 2 rings (SSSR count). The van der Waals surface area contributed by atoms with E-state index in [1.54, 1.807) is 18.2 Å². The van der Waals surface area contributed by atoms with Crippen LogP contribution in [0, 0.1) is 0 Å². The Balaban J connectivity index is 3.02. The number of phenolic OH excluding ortho intramolecular Hbond substituents is 1. The van der Waals surface area contributed by atoms with E-state index in [1.165, 1.54) is 12.1 Å². The van der Waals surface area contributed by atoms with Crippen molar-refractivity contribution >= 4 is 26.3 Å². The molecule has 0 spiro atoms. The van der Waals surface area contributed by atoms with Gasteiger partial charge in [0.1, 0.15) is 5.75 Å². The molecule has 0 radical (unpaired) electrons. The van der Waals surface area contributed by atoms with Gasteiger partial charge in [-0.05, 0) is 17.5 Å². The first-order chi connectivity index (χ1) is 7.41. The first-order valence-electron chi connectivity index (χ1n) is 4.61. The van der Waals surface area contributed by atoms with E-state index in [0.717, 1.165) is 6.26 Å². The third-order valence-corrected chi connectivity index (χ3v) is 3.56. The summed E-state index contributed by atoms with van der Waals surface area (Å²) in [6.45, 7) is 0. The molecular formula is C11H11NO3S. The largest absolute Gasteiger partial charge is 0.506 e. The average Bonchev–Trinajstić information content (AvgIpc) is 2.21. The van der Waals surface area contributed by atoms with Gasteiger partial charge in [0.25, 0.3) is 0 Å². The van der Waals surface area contributed by atoms with E-state index in [9.17, 15) is 13.5 Å². The predicted molar refractivity (Wildman–Crippen MR) is 63.1 cm³/mol. The third-order valence-electron chi connectivity index (χ3n) is 2.42. The molecule has 0 aliphatic heterocycles. The normalized spacial score (nSPS) is 11.8. The van der Waals surface area contributed by atoms with Gasteiger partial charge in [-0.1, -0.05) is 18.2 Å². The zero-order valence-corrected chi connectivity index (χ0v) is 9.45. The lowest BCUT2D eigenvalue weighted by atomic mass is 10.1. The van der Waals surface area contributed by atoms with Gasteiger partial charge in [0, 0.05) is 11.6 Å². The van der Waals surface area contributed by atoms with Crippen LogP contribution < -0.4 is 5.73 Å². The molecule has 0 atom stereocenters. The molecule has 2 aromatic carbocycles. The Labute approximate surface area is 93.2 Å². The molecule has 0 heterocycles. The van der Waals surface area contributed by atoms with E-state index in [0.29, 0.717) is 10.8 Å². The lowest BCUT2D eigenvalue weighted by molar-refractivity contribution is 0.478. The van der Waals surface area contributed by atoms with Crippen LogP contribution in [0.25, 0.3) is 10.8 Å². The standard InChI is InChI=1S/C11H11NO3S/c1-16(14,15)9-4-2-3-7-5-6-8(13)11(12)10(7)9/h2-6,13H,12H2,1H3. The second-order valence-corrected chi connectivity index (χ2v) is 5.61. The van der Waals surface area contributed by atoms with E-state index in [4.69, 9.17) is 5.73 Å². The number of fused-ring (bicyclic) bond motifs is 1. The fraction of sp³-hybridized carbons (Fsp3) is 0.0909. The average molecular weight is 237 g/mol. The Bertz CT molecular complexity index is 662. The molecule has 4 nitrogen and oxygen atoms in total. The number of rotatable bonds is 1. The van der Waals surface area contributed by atoms with Crippen LogP contribution in [0.1, 0.15) is 0 Å². The number of anilines is 1. The minimum atomic E-state index is -3.36. The minimum absolute atomic E-state index is 0.0959. The van der Waals surface area contributed by atoms with Gasteiger partial charge in [-0.3, -0.25) is 0 Å². The molecule has 0 aromatic heterocycles. The number of aromatic hydroxyl groups is 1. The van der Waals surface area contributed by atoms with Crippen LogP contribution in [-0.2, 0) is 9.84 Å². The minimum Gasteiger partial charge on any atom is -0.506 e. The van der Waals surface area contributed by atoms with Crippen LogP contribution >= 0.6 is 0 Å². The molecule has 2 aromatic rings. The topological polar surface area (TPSA) is 80.4 Å². The quantitative estimate of drug-likeness (QED) is 0.582. The molecular weight excluding hydrogens is 226 g/mol. The molecule has 0 unspecified atom stereocenters. The van der Waals surface area contributed by atoms with Crippen molar-refractivity contribution in [3.8, 4) is 5.75 Å². The van der Waals surface area contributed by atoms with Crippen LogP contribution in [0.15, 0.2) is 35.2 Å². The van der Waals surface area contributed by atoms with Crippen LogP contribution in [0.3, 0.4) is 0 Å². The van der Waals surface area contributed by atoms with Gasteiger partial charge in [-0.2, -0.15) is 0 Å². The molecule has 0 saturated carbocycles. The van der Waals surface area contributed by atoms with Crippen molar-refractivity contribution in [3.63, 3.8) is 0 Å². The van der Waals surface area contributed by atoms with Crippen molar-refractivity contribution in [3.05, 3.63) is 30.3 Å². The Morgan fingerprint density at radius 3 is 2.50 bits per heavy atom. The molecule has 0 saturated heterocycles. The van der Waals surface area contributed by atoms with Crippen molar-refractivity contribution in [1.29, 1.82) is 0 Å². The molecule has 16 heavy (non-hydrogen) atoms. The van der Waals surface area contributed by atoms with Gasteiger partial charge in [0.2, 0.25) is 0 Å². The Morgan fingerprint density at radius 1 is 1.19 bits per heavy atom. The maximum atomic E-state index is 11.6. The second kappa shape index (κ2) is 3.38. The van der Waals surface area contributed by atoms with E-state index in [-0.39, 0.29) is 16.3 Å². The number of nitrogen functional groups attached to an aromatic ring is 1. The van der Waals surface area contributed by atoms with Crippen LogP contribution in [-0.4, -0.2) is 19.8 Å². The van der Waals surface area contributed by atoms with Gasteiger partial charge in [-0.15, -0.1) is 0 Å². The molecule has 0 amide bonds. The molecule has 3 N–H and O–H groups in total. The van der Waals surface area contributed by atoms with Crippen LogP contribution in [0.4, 0.5) is 5.69 Å². The van der Waals surface area contributed by atoms with Crippen molar-refractivity contribution in [2.75, 3.05) is 12.0 Å². The maximum absolute atomic E-state index is 11.6. The van der Waals surface area contributed by atoms with Gasteiger partial charge >= 0.3 is 0 Å². The van der Waals surface area contributed by atoms with Gasteiger partial charge in [0.15, 0.2) is 9.84 Å². The summed E-state index contributed by atoms with van der Waals surface area (Å²) in [5.41, 5.74) is 5.80. The Hall–Kier alpha value is -1.75. The van der Waals surface area contributed by atoms with Crippen molar-refractivity contribution in [2.45, 2.75) is 4.90 Å². The van der Waals surface area contributed by atoms with Gasteiger partial charge in [-0.25, -0.2) is 8.42 Å². The Morgan fingerprint density at radius 2 is 1.88 bits per heavy atom. The highest BCUT2D eigenvalue weighted by molar-refractivity contribution is 7.91. The fourth-order valence-electron chi connectivity index (χ4n) is 1.67. The first kappa shape index (κ1) is 10.8. The van der Waals surface area contributed by atoms with Crippen LogP contribution in [0.2, 0.25) is 0 Å². The number of hydrogen-bond donors (Lipinski definition) is 2. The summed E-state index contributed by atoms with van der Waals surface area (Å²) in [6.07, 6.45) is 1.12. The maximum Gasteiger partial charge on any atom is 0.176 e. The van der Waals surface area contributed by atoms with Crippen molar-refractivity contribution in [2.24, 2.45) is 0 Å². The highest BCUT2D eigenvalue weighted by Crippen LogP contribution is 2.33. The number of phenols is 1. The third kappa shape index (κ3) is 1.59. The zero-order chi connectivity index (χ0) is 11.9. The summed E-state index contributed by atoms with van der Waals surface area (Å²) >= 11 is 0. The molecule has 0 fully saturated rings. The second-order valence-electron chi connectivity index (χ2n) is 3.62. The number of sulfone groups is 1. The lowest BCUT2D eigenvalue weighted by Crippen LogP contribution is -2.00. The molecule has 0 aliphatic carbocycles. The molecule has 0 bridgehead atoms. The summed E-state index contributed by atoms with van der Waals surface area (Å²) < 4.78 is 23.1. The first-order valence-corrected chi connectivity index (χ1v) is 6.50. The zero-order valence-electron chi connectivity index (χ0n) is 8.64. The van der Waals surface area contributed by atoms with E-state index >= 15 is 0 Å². The van der Waals surface area contributed by atoms with Crippen molar-refractivity contribution in [1.82, 2.24) is 0 Å².